The van der Waals surface area contributed by atoms with E-state index in [1.807, 2.05) is 42.5 Å². The molecule has 2 aromatic carbocycles. The third-order valence-electron chi connectivity index (χ3n) is 3.38. The van der Waals surface area contributed by atoms with E-state index >= 15 is 0 Å². The number of hydrogen-bond acceptors (Lipinski definition) is 1. The monoisotopic (exact) mass is 299 g/mol. The van der Waals surface area contributed by atoms with Crippen molar-refractivity contribution < 1.29 is 13.2 Å². The van der Waals surface area contributed by atoms with Gasteiger partial charge in [0.05, 0.1) is 11.3 Å². The number of nitrogens with zero attached hydrogens (tertiary/aromatic N) is 1. The Bertz CT molecular complexity index is 745. The number of pyridine rings is 1. The van der Waals surface area contributed by atoms with Gasteiger partial charge in [0.15, 0.2) is 0 Å². The first-order valence-corrected chi connectivity index (χ1v) is 6.73. The zero-order valence-corrected chi connectivity index (χ0v) is 11.5. The molecule has 4 heteroatoms. The van der Waals surface area contributed by atoms with Gasteiger partial charge in [-0.2, -0.15) is 13.2 Å². The molecule has 0 unspecified atom stereocenters. The van der Waals surface area contributed by atoms with Gasteiger partial charge in [0.25, 0.3) is 0 Å². The van der Waals surface area contributed by atoms with Gasteiger partial charge in [-0.1, -0.05) is 48.5 Å². The highest BCUT2D eigenvalue weighted by Crippen LogP contribution is 2.30. The molecule has 0 spiro atoms. The van der Waals surface area contributed by atoms with Crippen LogP contribution in [0.25, 0.3) is 22.4 Å². The van der Waals surface area contributed by atoms with Crippen molar-refractivity contribution in [3.8, 4) is 22.4 Å². The molecule has 0 radical (unpaired) electrons. The lowest BCUT2D eigenvalue weighted by Gasteiger charge is -2.08. The molecule has 1 heterocycles. The Balaban J connectivity index is 1.87. The van der Waals surface area contributed by atoms with Gasteiger partial charge in [-0.05, 0) is 23.8 Å². The fourth-order valence-electron chi connectivity index (χ4n) is 2.20. The van der Waals surface area contributed by atoms with Crippen LogP contribution < -0.4 is 0 Å². The largest absolute Gasteiger partial charge is 0.416 e. The molecule has 3 aromatic rings. The first kappa shape index (κ1) is 14.3. The molecule has 0 N–H and O–H groups in total. The molecule has 0 amide bonds. The Hall–Kier alpha value is -2.62. The summed E-state index contributed by atoms with van der Waals surface area (Å²) < 4.78 is 37.6. The van der Waals surface area contributed by atoms with E-state index in [1.165, 1.54) is 12.1 Å². The van der Waals surface area contributed by atoms with Crippen LogP contribution in [-0.2, 0) is 6.18 Å². The van der Waals surface area contributed by atoms with Crippen LogP contribution in [-0.4, -0.2) is 4.98 Å². The lowest BCUT2D eigenvalue weighted by Crippen LogP contribution is -2.04. The van der Waals surface area contributed by atoms with E-state index in [1.54, 1.807) is 6.20 Å². The molecule has 0 atom stereocenters. The molecule has 1 aromatic heterocycles. The zero-order chi connectivity index (χ0) is 15.6. The molecule has 0 saturated heterocycles. The lowest BCUT2D eigenvalue weighted by molar-refractivity contribution is -0.137. The van der Waals surface area contributed by atoms with Crippen molar-refractivity contribution in [2.45, 2.75) is 6.18 Å². The second-order valence-electron chi connectivity index (χ2n) is 4.87. The minimum absolute atomic E-state index is 0.647. The van der Waals surface area contributed by atoms with Gasteiger partial charge in [0.1, 0.15) is 0 Å². The Morgan fingerprint density at radius 1 is 0.636 bits per heavy atom. The van der Waals surface area contributed by atoms with Crippen molar-refractivity contribution in [3.05, 3.63) is 78.5 Å². The SMILES string of the molecule is FC(F)(F)c1ccc(-c2ccc(-c3ccccc3)cn2)cc1. The quantitative estimate of drug-likeness (QED) is 0.614. The van der Waals surface area contributed by atoms with Crippen LogP contribution in [0.5, 0.6) is 0 Å². The maximum absolute atomic E-state index is 12.5. The van der Waals surface area contributed by atoms with Crippen LogP contribution in [0.2, 0.25) is 0 Å². The van der Waals surface area contributed by atoms with Crippen LogP contribution in [0.3, 0.4) is 0 Å². The highest BCUT2D eigenvalue weighted by Gasteiger charge is 2.29. The second kappa shape index (κ2) is 5.64. The predicted octanol–water partition coefficient (Wildman–Crippen LogP) is 5.43. The van der Waals surface area contributed by atoms with Crippen molar-refractivity contribution in [2.24, 2.45) is 0 Å². The minimum atomic E-state index is -4.32. The second-order valence-corrected chi connectivity index (χ2v) is 4.87. The zero-order valence-electron chi connectivity index (χ0n) is 11.5. The molecule has 22 heavy (non-hydrogen) atoms. The molecule has 0 bridgehead atoms. The number of aromatic nitrogens is 1. The van der Waals surface area contributed by atoms with E-state index in [4.69, 9.17) is 0 Å². The Kier molecular flexibility index (Phi) is 3.67. The van der Waals surface area contributed by atoms with Gasteiger partial charge in [-0.25, -0.2) is 0 Å². The highest BCUT2D eigenvalue weighted by molar-refractivity contribution is 5.66. The van der Waals surface area contributed by atoms with Crippen LogP contribution in [0.1, 0.15) is 5.56 Å². The minimum Gasteiger partial charge on any atom is -0.256 e. The summed E-state index contributed by atoms with van der Waals surface area (Å²) in [5, 5.41) is 0. The van der Waals surface area contributed by atoms with Crippen molar-refractivity contribution in [1.82, 2.24) is 4.98 Å². The van der Waals surface area contributed by atoms with Crippen LogP contribution in [0.4, 0.5) is 13.2 Å². The predicted molar refractivity (Wildman–Crippen MR) is 80.1 cm³/mol. The molecule has 3 rings (SSSR count). The van der Waals surface area contributed by atoms with Crippen molar-refractivity contribution >= 4 is 0 Å². The fraction of sp³-hybridized carbons (Fsp3) is 0.0556. The third-order valence-corrected chi connectivity index (χ3v) is 3.38. The molecule has 110 valence electrons. The van der Waals surface area contributed by atoms with E-state index in [9.17, 15) is 13.2 Å². The standard InChI is InChI=1S/C18H12F3N/c19-18(20,21)16-9-6-14(7-10-16)17-11-8-15(12-22-17)13-4-2-1-3-5-13/h1-12H. The van der Waals surface area contributed by atoms with E-state index in [2.05, 4.69) is 4.98 Å². The van der Waals surface area contributed by atoms with E-state index in [0.717, 1.165) is 23.3 Å². The van der Waals surface area contributed by atoms with Gasteiger partial charge in [0, 0.05) is 17.3 Å². The van der Waals surface area contributed by atoms with Gasteiger partial charge < -0.3 is 0 Å². The van der Waals surface area contributed by atoms with Crippen LogP contribution >= 0.6 is 0 Å². The van der Waals surface area contributed by atoms with Gasteiger partial charge in [-0.3, -0.25) is 4.98 Å². The molecule has 0 aliphatic carbocycles. The van der Waals surface area contributed by atoms with Gasteiger partial charge in [-0.15, -0.1) is 0 Å². The summed E-state index contributed by atoms with van der Waals surface area (Å²) in [7, 11) is 0. The normalized spacial score (nSPS) is 11.4. The summed E-state index contributed by atoms with van der Waals surface area (Å²) in [4.78, 5) is 4.34. The number of hydrogen-bond donors (Lipinski definition) is 0. The topological polar surface area (TPSA) is 12.9 Å². The molecule has 0 fully saturated rings. The maximum Gasteiger partial charge on any atom is 0.416 e. The maximum atomic E-state index is 12.5. The average molecular weight is 299 g/mol. The number of halogens is 3. The van der Waals surface area contributed by atoms with Crippen LogP contribution in [0, 0.1) is 0 Å². The Labute approximate surface area is 126 Å². The van der Waals surface area contributed by atoms with Gasteiger partial charge in [0.2, 0.25) is 0 Å². The smallest absolute Gasteiger partial charge is 0.256 e. The molecule has 1 nitrogen and oxygen atoms in total. The molecule has 0 aliphatic rings. The number of alkyl halides is 3. The Morgan fingerprint density at radius 3 is 1.82 bits per heavy atom. The summed E-state index contributed by atoms with van der Waals surface area (Å²) in [6.45, 7) is 0. The Morgan fingerprint density at radius 2 is 1.27 bits per heavy atom. The summed E-state index contributed by atoms with van der Waals surface area (Å²) in [6.07, 6.45) is -2.59. The first-order valence-electron chi connectivity index (χ1n) is 6.73. The van der Waals surface area contributed by atoms with Gasteiger partial charge >= 0.3 is 6.18 Å². The van der Waals surface area contributed by atoms with E-state index in [-0.39, 0.29) is 0 Å². The molecular formula is C18H12F3N. The summed E-state index contributed by atoms with van der Waals surface area (Å²) in [6, 6.07) is 18.5. The summed E-state index contributed by atoms with van der Waals surface area (Å²) >= 11 is 0. The van der Waals surface area contributed by atoms with E-state index < -0.39 is 11.7 Å². The average Bonchev–Trinajstić information content (AvgIpc) is 2.55. The summed E-state index contributed by atoms with van der Waals surface area (Å²) in [5.74, 6) is 0. The molecule has 0 saturated carbocycles. The van der Waals surface area contributed by atoms with Crippen molar-refractivity contribution in [3.63, 3.8) is 0 Å². The highest BCUT2D eigenvalue weighted by atomic mass is 19.4. The lowest BCUT2D eigenvalue weighted by atomic mass is 10.0. The molecular weight excluding hydrogens is 287 g/mol. The first-order chi connectivity index (χ1) is 10.5. The third kappa shape index (κ3) is 3.01. The number of rotatable bonds is 2. The molecule has 0 aliphatic heterocycles. The van der Waals surface area contributed by atoms with Crippen molar-refractivity contribution in [1.29, 1.82) is 0 Å². The van der Waals surface area contributed by atoms with Crippen molar-refractivity contribution in [2.75, 3.05) is 0 Å². The number of benzene rings is 2. The fourth-order valence-corrected chi connectivity index (χ4v) is 2.20. The van der Waals surface area contributed by atoms with Crippen LogP contribution in [0.15, 0.2) is 72.9 Å². The van der Waals surface area contributed by atoms with E-state index in [0.29, 0.717) is 11.3 Å². The summed E-state index contributed by atoms with van der Waals surface area (Å²) in [5.41, 5.74) is 2.67.